The molecule has 0 aromatic carbocycles. The van der Waals surface area contributed by atoms with Crippen LogP contribution in [0.1, 0.15) is 77.6 Å². The maximum absolute atomic E-state index is 12.0. The quantitative estimate of drug-likeness (QED) is 0.278. The monoisotopic (exact) mass is 422 g/mol. The van der Waals surface area contributed by atoms with Gasteiger partial charge in [-0.05, 0) is 56.8 Å². The van der Waals surface area contributed by atoms with E-state index >= 15 is 0 Å². The highest BCUT2D eigenvalue weighted by atomic mass is 16.5. The highest BCUT2D eigenvalue weighted by Crippen LogP contribution is 2.46. The van der Waals surface area contributed by atoms with Crippen LogP contribution in [0.2, 0.25) is 0 Å². The molecule has 2 heterocycles. The van der Waals surface area contributed by atoms with E-state index in [9.17, 15) is 14.4 Å². The maximum atomic E-state index is 12.0. The van der Waals surface area contributed by atoms with Crippen LogP contribution in [0.4, 0.5) is 0 Å². The number of allylic oxidation sites excluding steroid dienone is 2. The fourth-order valence-corrected chi connectivity index (χ4v) is 4.58. The summed E-state index contributed by atoms with van der Waals surface area (Å²) in [5.41, 5.74) is 0. The summed E-state index contributed by atoms with van der Waals surface area (Å²) in [5, 5.41) is 14.3. The number of aliphatic carboxylic acids is 1. The van der Waals surface area contributed by atoms with E-state index in [0.29, 0.717) is 37.3 Å². The molecule has 2 amide bonds. The average Bonchev–Trinajstić information content (AvgIpc) is 3.31. The fourth-order valence-electron chi connectivity index (χ4n) is 4.58. The molecule has 0 spiro atoms. The Morgan fingerprint density at radius 2 is 1.73 bits per heavy atom. The first-order valence-corrected chi connectivity index (χ1v) is 11.6. The molecule has 0 aromatic rings. The minimum Gasteiger partial charge on any atom is -0.481 e. The van der Waals surface area contributed by atoms with E-state index in [-0.39, 0.29) is 30.9 Å². The van der Waals surface area contributed by atoms with Gasteiger partial charge in [0.25, 0.3) is 0 Å². The molecule has 0 aliphatic carbocycles. The molecule has 0 radical (unpaired) electrons. The molecule has 30 heavy (non-hydrogen) atoms. The minimum absolute atomic E-state index is 0.0423. The summed E-state index contributed by atoms with van der Waals surface area (Å²) < 4.78 is 6.11. The molecule has 0 aromatic heterocycles. The Hall–Kier alpha value is -1.89. The molecule has 4 atom stereocenters. The predicted molar refractivity (Wildman–Crippen MR) is 115 cm³/mol. The molecule has 2 aliphatic heterocycles. The minimum atomic E-state index is -0.747. The van der Waals surface area contributed by atoms with Crippen molar-refractivity contribution in [1.29, 1.82) is 0 Å². The number of unbranched alkanes of at least 4 members (excludes halogenated alkanes) is 3. The third kappa shape index (κ3) is 8.46. The van der Waals surface area contributed by atoms with Crippen LogP contribution in [0.5, 0.6) is 0 Å². The van der Waals surface area contributed by atoms with Gasteiger partial charge in [-0.25, -0.2) is 0 Å². The molecular weight excluding hydrogens is 384 g/mol. The number of carbonyl (C=O) groups is 3. The lowest BCUT2D eigenvalue weighted by Crippen LogP contribution is -2.38. The number of hydrogen-bond acceptors (Lipinski definition) is 4. The van der Waals surface area contributed by atoms with E-state index in [1.807, 2.05) is 0 Å². The number of rotatable bonds is 15. The molecule has 2 saturated heterocycles. The molecule has 7 nitrogen and oxygen atoms in total. The van der Waals surface area contributed by atoms with Crippen molar-refractivity contribution in [1.82, 2.24) is 10.6 Å². The number of fused-ring (bicyclic) bond motifs is 2. The Morgan fingerprint density at radius 3 is 2.47 bits per heavy atom. The summed E-state index contributed by atoms with van der Waals surface area (Å²) in [4.78, 5) is 34.2. The second-order valence-corrected chi connectivity index (χ2v) is 8.48. The van der Waals surface area contributed by atoms with Gasteiger partial charge in [-0.2, -0.15) is 0 Å². The van der Waals surface area contributed by atoms with Gasteiger partial charge in [-0.3, -0.25) is 14.4 Å². The Balaban J connectivity index is 1.64. The Kier molecular flexibility index (Phi) is 10.9. The van der Waals surface area contributed by atoms with Crippen LogP contribution in [-0.2, 0) is 19.1 Å². The van der Waals surface area contributed by atoms with Gasteiger partial charge in [-0.1, -0.05) is 31.9 Å². The summed E-state index contributed by atoms with van der Waals surface area (Å²) in [6.45, 7) is 2.73. The van der Waals surface area contributed by atoms with Crippen LogP contribution in [-0.4, -0.2) is 48.2 Å². The Labute approximate surface area is 180 Å². The molecule has 170 valence electrons. The van der Waals surface area contributed by atoms with Crippen LogP contribution in [0.25, 0.3) is 0 Å². The largest absolute Gasteiger partial charge is 0.481 e. The van der Waals surface area contributed by atoms with E-state index in [0.717, 1.165) is 51.4 Å². The second kappa shape index (κ2) is 13.4. The van der Waals surface area contributed by atoms with Crippen molar-refractivity contribution in [3.8, 4) is 0 Å². The average molecular weight is 423 g/mol. The fraction of sp³-hybridized carbons (Fsp3) is 0.783. The van der Waals surface area contributed by atoms with Gasteiger partial charge >= 0.3 is 5.97 Å². The summed E-state index contributed by atoms with van der Waals surface area (Å²) in [6, 6.07) is 0. The van der Waals surface area contributed by atoms with Crippen molar-refractivity contribution in [2.45, 2.75) is 89.8 Å². The molecule has 0 saturated carbocycles. The summed E-state index contributed by atoms with van der Waals surface area (Å²) >= 11 is 0. The van der Waals surface area contributed by atoms with E-state index in [4.69, 9.17) is 9.84 Å². The summed E-state index contributed by atoms with van der Waals surface area (Å²) in [6.07, 6.45) is 14.0. The van der Waals surface area contributed by atoms with Gasteiger partial charge in [0, 0.05) is 19.4 Å². The molecule has 2 bridgehead atoms. The molecule has 2 fully saturated rings. The first-order valence-electron chi connectivity index (χ1n) is 11.6. The first-order chi connectivity index (χ1) is 14.5. The van der Waals surface area contributed by atoms with Gasteiger partial charge in [0.05, 0.1) is 18.8 Å². The van der Waals surface area contributed by atoms with E-state index in [1.165, 1.54) is 0 Å². The van der Waals surface area contributed by atoms with Crippen LogP contribution in [0.3, 0.4) is 0 Å². The van der Waals surface area contributed by atoms with Crippen LogP contribution in [0, 0.1) is 11.8 Å². The molecular formula is C23H38N2O5. The molecule has 2 rings (SSSR count). The van der Waals surface area contributed by atoms with Crippen molar-refractivity contribution in [2.75, 3.05) is 13.1 Å². The summed E-state index contributed by atoms with van der Waals surface area (Å²) in [7, 11) is 0. The standard InChI is InChI=1S/C23H38N2O5/c1-2-3-6-10-21(26)25-16-22(27)24-15-14-18-17(19-12-13-20(18)30-19)9-7-4-5-8-11-23(28)29/h4,7,17-20H,2-3,5-6,8-16H2,1H3,(H,24,27)(H,25,26)(H,28,29)/b7-4-/t17-,18+,19-,20+/m1/s1. The van der Waals surface area contributed by atoms with Crippen molar-refractivity contribution in [3.05, 3.63) is 12.2 Å². The van der Waals surface area contributed by atoms with E-state index in [1.54, 1.807) is 0 Å². The lowest BCUT2D eigenvalue weighted by atomic mass is 9.76. The normalized spacial score (nSPS) is 25.0. The smallest absolute Gasteiger partial charge is 0.303 e. The van der Waals surface area contributed by atoms with E-state index in [2.05, 4.69) is 29.7 Å². The van der Waals surface area contributed by atoms with Crippen LogP contribution in [0.15, 0.2) is 12.2 Å². The zero-order valence-corrected chi connectivity index (χ0v) is 18.2. The molecule has 0 unspecified atom stereocenters. The first kappa shape index (κ1) is 24.4. The van der Waals surface area contributed by atoms with Crippen molar-refractivity contribution < 1.29 is 24.2 Å². The highest BCUT2D eigenvalue weighted by molar-refractivity contribution is 5.84. The number of nitrogens with one attached hydrogen (secondary N) is 2. The van der Waals surface area contributed by atoms with Crippen molar-refractivity contribution in [3.63, 3.8) is 0 Å². The molecule has 3 N–H and O–H groups in total. The number of carbonyl (C=O) groups excluding carboxylic acids is 2. The van der Waals surface area contributed by atoms with Crippen LogP contribution < -0.4 is 10.6 Å². The third-order valence-corrected chi connectivity index (χ3v) is 6.18. The van der Waals surface area contributed by atoms with Gasteiger partial charge in [0.2, 0.25) is 11.8 Å². The summed E-state index contributed by atoms with van der Waals surface area (Å²) in [5.74, 6) is -0.0397. The lowest BCUT2D eigenvalue weighted by Gasteiger charge is -2.27. The number of ether oxygens (including phenoxy) is 1. The van der Waals surface area contributed by atoms with E-state index < -0.39 is 5.97 Å². The van der Waals surface area contributed by atoms with Crippen LogP contribution >= 0.6 is 0 Å². The second-order valence-electron chi connectivity index (χ2n) is 8.48. The molecule has 2 aliphatic rings. The van der Waals surface area contributed by atoms with Gasteiger partial charge in [-0.15, -0.1) is 0 Å². The number of hydrogen-bond donors (Lipinski definition) is 3. The van der Waals surface area contributed by atoms with Crippen molar-refractivity contribution >= 4 is 17.8 Å². The van der Waals surface area contributed by atoms with Gasteiger partial charge < -0.3 is 20.5 Å². The van der Waals surface area contributed by atoms with Crippen molar-refractivity contribution in [2.24, 2.45) is 11.8 Å². The predicted octanol–water partition coefficient (Wildman–Crippen LogP) is 3.18. The highest BCUT2D eigenvalue weighted by Gasteiger charge is 2.47. The van der Waals surface area contributed by atoms with Gasteiger partial charge in [0.1, 0.15) is 0 Å². The Morgan fingerprint density at radius 1 is 0.967 bits per heavy atom. The molecule has 7 heteroatoms. The zero-order chi connectivity index (χ0) is 21.8. The number of carboxylic acids is 1. The number of amides is 2. The third-order valence-electron chi connectivity index (χ3n) is 6.18. The number of carboxylic acid groups (broad SMARTS) is 1. The maximum Gasteiger partial charge on any atom is 0.303 e. The topological polar surface area (TPSA) is 105 Å². The Bertz CT molecular complexity index is 592. The zero-order valence-electron chi connectivity index (χ0n) is 18.2. The SMILES string of the molecule is CCCCCC(=O)NCC(=O)NCC[C@H]1[C@@H](C/C=C\CCCC(=O)O)[C@H]2CC[C@@H]1O2. The lowest BCUT2D eigenvalue weighted by molar-refractivity contribution is -0.137. The van der Waals surface area contributed by atoms with Gasteiger partial charge in [0.15, 0.2) is 0 Å².